The van der Waals surface area contributed by atoms with E-state index in [2.05, 4.69) is 26.0 Å². The van der Waals surface area contributed by atoms with Gasteiger partial charge in [-0.25, -0.2) is 0 Å². The second-order valence-corrected chi connectivity index (χ2v) is 5.92. The number of allylic oxidation sites excluding steroid dienone is 2. The summed E-state index contributed by atoms with van der Waals surface area (Å²) in [6.07, 6.45) is 21.5. The van der Waals surface area contributed by atoms with Gasteiger partial charge in [-0.1, -0.05) is 64.5 Å². The van der Waals surface area contributed by atoms with Crippen molar-refractivity contribution in [2.75, 3.05) is 0 Å². The lowest BCUT2D eigenvalue weighted by atomic mass is 10.1. The van der Waals surface area contributed by atoms with Crippen molar-refractivity contribution in [1.29, 1.82) is 0 Å². The third kappa shape index (κ3) is 15.5. The second kappa shape index (κ2) is 16.5. The van der Waals surface area contributed by atoms with E-state index < -0.39 is 0 Å². The minimum atomic E-state index is 0.457. The monoisotopic (exact) mass is 280 g/mol. The van der Waals surface area contributed by atoms with Crippen molar-refractivity contribution < 1.29 is 4.79 Å². The molecule has 0 N–H and O–H groups in total. The molecule has 0 aliphatic heterocycles. The van der Waals surface area contributed by atoms with Crippen molar-refractivity contribution in [2.24, 2.45) is 0 Å². The van der Waals surface area contributed by atoms with E-state index in [1.165, 1.54) is 64.2 Å². The third-order valence-corrected chi connectivity index (χ3v) is 3.75. The molecule has 0 unspecified atom stereocenters. The van der Waals surface area contributed by atoms with Gasteiger partial charge >= 0.3 is 0 Å². The molecule has 0 aliphatic carbocycles. The Morgan fingerprint density at radius 2 is 1.20 bits per heavy atom. The van der Waals surface area contributed by atoms with Gasteiger partial charge in [0.2, 0.25) is 0 Å². The summed E-state index contributed by atoms with van der Waals surface area (Å²) in [7, 11) is 0. The molecule has 0 aliphatic rings. The zero-order valence-corrected chi connectivity index (χ0v) is 14.0. The molecule has 118 valence electrons. The lowest BCUT2D eigenvalue weighted by Gasteiger charge is -2.00. The Morgan fingerprint density at radius 1 is 0.650 bits per heavy atom. The van der Waals surface area contributed by atoms with Crippen molar-refractivity contribution in [3.8, 4) is 0 Å². The molecule has 0 radical (unpaired) electrons. The molecule has 0 spiro atoms. The fraction of sp³-hybridized carbons (Fsp3) is 0.842. The molecule has 0 bridgehead atoms. The van der Waals surface area contributed by atoms with Crippen molar-refractivity contribution >= 4 is 5.78 Å². The molecule has 0 saturated heterocycles. The summed E-state index contributed by atoms with van der Waals surface area (Å²) in [5.41, 5.74) is 0. The highest BCUT2D eigenvalue weighted by atomic mass is 16.1. The number of ketones is 1. The Balaban J connectivity index is 3.12. The van der Waals surface area contributed by atoms with Crippen LogP contribution < -0.4 is 0 Å². The van der Waals surface area contributed by atoms with Crippen LogP contribution in [0.15, 0.2) is 12.2 Å². The predicted octanol–water partition coefficient (Wildman–Crippen LogP) is 6.61. The Labute approximate surface area is 127 Å². The number of carbonyl (C=O) groups excluding carboxylic acids is 1. The average molecular weight is 280 g/mol. The van der Waals surface area contributed by atoms with Gasteiger partial charge in [-0.15, -0.1) is 0 Å². The van der Waals surface area contributed by atoms with Crippen LogP contribution in [0.25, 0.3) is 0 Å². The van der Waals surface area contributed by atoms with E-state index in [1.54, 1.807) is 0 Å². The van der Waals surface area contributed by atoms with Gasteiger partial charge < -0.3 is 0 Å². The minimum absolute atomic E-state index is 0.457. The van der Waals surface area contributed by atoms with Crippen LogP contribution in [0.1, 0.15) is 104 Å². The highest BCUT2D eigenvalue weighted by Gasteiger charge is 1.99. The molecule has 0 atom stereocenters. The number of carbonyl (C=O) groups is 1. The van der Waals surface area contributed by atoms with Crippen LogP contribution in [-0.2, 0) is 4.79 Å². The molecule has 0 rings (SSSR count). The first-order chi connectivity index (χ1) is 9.81. The van der Waals surface area contributed by atoms with Gasteiger partial charge in [-0.05, 0) is 38.5 Å². The number of hydrogen-bond acceptors (Lipinski definition) is 1. The van der Waals surface area contributed by atoms with Gasteiger partial charge in [0.05, 0.1) is 0 Å². The molecule has 0 heterocycles. The smallest absolute Gasteiger partial charge is 0.132 e. The van der Waals surface area contributed by atoms with Crippen LogP contribution in [0.5, 0.6) is 0 Å². The zero-order chi connectivity index (χ0) is 14.9. The molecule has 20 heavy (non-hydrogen) atoms. The highest BCUT2D eigenvalue weighted by Crippen LogP contribution is 2.09. The third-order valence-electron chi connectivity index (χ3n) is 3.75. The fourth-order valence-electron chi connectivity index (χ4n) is 2.44. The molecular weight excluding hydrogens is 244 g/mol. The van der Waals surface area contributed by atoms with E-state index in [1.807, 2.05) is 0 Å². The molecule has 1 heteroatoms. The number of unbranched alkanes of at least 4 members (excludes halogenated alkanes) is 9. The lowest BCUT2D eigenvalue weighted by Crippen LogP contribution is -1.96. The number of hydrogen-bond donors (Lipinski definition) is 0. The van der Waals surface area contributed by atoms with E-state index in [-0.39, 0.29) is 0 Å². The topological polar surface area (TPSA) is 17.1 Å². The Hall–Kier alpha value is -0.590. The number of Topliss-reactive ketones (excluding diaryl/α,β-unsaturated/α-hetero) is 1. The van der Waals surface area contributed by atoms with Crippen LogP contribution in [0.2, 0.25) is 0 Å². The lowest BCUT2D eigenvalue weighted by molar-refractivity contribution is -0.119. The Bertz CT molecular complexity index is 230. The first-order valence-corrected chi connectivity index (χ1v) is 8.98. The summed E-state index contributed by atoms with van der Waals surface area (Å²) < 4.78 is 0. The fourth-order valence-corrected chi connectivity index (χ4v) is 2.44. The summed E-state index contributed by atoms with van der Waals surface area (Å²) in [6, 6.07) is 0. The summed E-state index contributed by atoms with van der Waals surface area (Å²) in [6.45, 7) is 4.34. The normalized spacial score (nSPS) is 11.3. The van der Waals surface area contributed by atoms with Gasteiger partial charge in [-0.2, -0.15) is 0 Å². The van der Waals surface area contributed by atoms with Crippen LogP contribution in [0.3, 0.4) is 0 Å². The maximum atomic E-state index is 11.3. The average Bonchev–Trinajstić information content (AvgIpc) is 2.44. The van der Waals surface area contributed by atoms with E-state index in [0.29, 0.717) is 5.78 Å². The standard InChI is InChI=1S/C19H36O/c1-3-5-6-7-8-9-10-11-12-13-14-15-16-18-19(20)17-4-2/h9-10H,3-8,11-18H2,1-2H3/b10-9-. The first kappa shape index (κ1) is 19.4. The molecule has 0 aromatic heterocycles. The SMILES string of the molecule is CCCCCC/C=C\CCCCCCCC(=O)CCC. The van der Waals surface area contributed by atoms with E-state index >= 15 is 0 Å². The minimum Gasteiger partial charge on any atom is -0.300 e. The molecule has 0 amide bonds. The quantitative estimate of drug-likeness (QED) is 0.243. The van der Waals surface area contributed by atoms with Crippen LogP contribution in [0, 0.1) is 0 Å². The van der Waals surface area contributed by atoms with Crippen molar-refractivity contribution in [2.45, 2.75) is 104 Å². The number of rotatable bonds is 15. The van der Waals surface area contributed by atoms with Crippen molar-refractivity contribution in [3.63, 3.8) is 0 Å². The van der Waals surface area contributed by atoms with Gasteiger partial charge in [0.25, 0.3) is 0 Å². The van der Waals surface area contributed by atoms with E-state index in [4.69, 9.17) is 0 Å². The van der Waals surface area contributed by atoms with Crippen LogP contribution in [0.4, 0.5) is 0 Å². The molecule has 0 aromatic carbocycles. The molecular formula is C19H36O. The van der Waals surface area contributed by atoms with Gasteiger partial charge in [-0.3, -0.25) is 4.79 Å². The zero-order valence-electron chi connectivity index (χ0n) is 14.0. The molecule has 0 saturated carbocycles. The summed E-state index contributed by atoms with van der Waals surface area (Å²) in [4.78, 5) is 11.3. The van der Waals surface area contributed by atoms with Gasteiger partial charge in [0.15, 0.2) is 0 Å². The molecule has 0 fully saturated rings. The van der Waals surface area contributed by atoms with Gasteiger partial charge in [0, 0.05) is 12.8 Å². The van der Waals surface area contributed by atoms with Crippen LogP contribution in [-0.4, -0.2) is 5.78 Å². The second-order valence-electron chi connectivity index (χ2n) is 5.92. The maximum absolute atomic E-state index is 11.3. The molecule has 1 nitrogen and oxygen atoms in total. The van der Waals surface area contributed by atoms with Crippen molar-refractivity contribution in [1.82, 2.24) is 0 Å². The van der Waals surface area contributed by atoms with Crippen LogP contribution >= 0.6 is 0 Å². The summed E-state index contributed by atoms with van der Waals surface area (Å²) in [5, 5.41) is 0. The van der Waals surface area contributed by atoms with E-state index in [9.17, 15) is 4.79 Å². The maximum Gasteiger partial charge on any atom is 0.132 e. The highest BCUT2D eigenvalue weighted by molar-refractivity contribution is 5.78. The largest absolute Gasteiger partial charge is 0.300 e. The Morgan fingerprint density at radius 3 is 1.80 bits per heavy atom. The molecule has 0 aromatic rings. The summed E-state index contributed by atoms with van der Waals surface area (Å²) in [5.74, 6) is 0.457. The predicted molar refractivity (Wildman–Crippen MR) is 90.1 cm³/mol. The Kier molecular flexibility index (Phi) is 16.0. The first-order valence-electron chi connectivity index (χ1n) is 8.98. The van der Waals surface area contributed by atoms with Gasteiger partial charge in [0.1, 0.15) is 5.78 Å². The van der Waals surface area contributed by atoms with Crippen molar-refractivity contribution in [3.05, 3.63) is 12.2 Å². The summed E-state index contributed by atoms with van der Waals surface area (Å²) >= 11 is 0. The van der Waals surface area contributed by atoms with E-state index in [0.717, 1.165) is 25.7 Å².